The van der Waals surface area contributed by atoms with Crippen LogP contribution in [0.25, 0.3) is 11.0 Å². The van der Waals surface area contributed by atoms with Crippen molar-refractivity contribution in [3.8, 4) is 12.3 Å². The Labute approximate surface area is 126 Å². The fraction of sp³-hybridized carbons (Fsp3) is 0.118. The van der Waals surface area contributed by atoms with Gasteiger partial charge in [-0.1, -0.05) is 5.92 Å². The highest BCUT2D eigenvalue weighted by molar-refractivity contribution is 5.97. The topological polar surface area (TPSA) is 73.6 Å². The standard InChI is InChI=1S/C17H12O5/c1-3-11-4-5-12-9-13(17(20)22-15(12)8-11)10-14(18)6-7-16(19)21-2/h1,4-9H,10H2,2H3/b7-6-. The molecule has 0 saturated carbocycles. The minimum atomic E-state index is -0.638. The van der Waals surface area contributed by atoms with E-state index in [0.717, 1.165) is 12.2 Å². The summed E-state index contributed by atoms with van der Waals surface area (Å²) in [6, 6.07) is 6.58. The number of rotatable bonds is 4. The average molecular weight is 296 g/mol. The van der Waals surface area contributed by atoms with E-state index in [0.29, 0.717) is 16.5 Å². The first-order valence-corrected chi connectivity index (χ1v) is 6.35. The van der Waals surface area contributed by atoms with E-state index in [1.165, 1.54) is 7.11 Å². The van der Waals surface area contributed by atoms with Crippen molar-refractivity contribution in [1.29, 1.82) is 0 Å². The second-order valence-corrected chi connectivity index (χ2v) is 4.46. The molecule has 0 aliphatic heterocycles. The molecule has 2 rings (SSSR count). The molecule has 0 fully saturated rings. The van der Waals surface area contributed by atoms with Gasteiger partial charge in [0.25, 0.3) is 0 Å². The summed E-state index contributed by atoms with van der Waals surface area (Å²) in [6.45, 7) is 0. The van der Waals surface area contributed by atoms with Crippen LogP contribution < -0.4 is 5.63 Å². The number of benzene rings is 1. The third-order valence-corrected chi connectivity index (χ3v) is 2.95. The van der Waals surface area contributed by atoms with Crippen LogP contribution >= 0.6 is 0 Å². The number of esters is 1. The van der Waals surface area contributed by atoms with Crippen LogP contribution in [-0.4, -0.2) is 18.9 Å². The van der Waals surface area contributed by atoms with Crippen molar-refractivity contribution in [2.75, 3.05) is 7.11 Å². The first-order valence-electron chi connectivity index (χ1n) is 6.35. The van der Waals surface area contributed by atoms with Crippen molar-refractivity contribution in [1.82, 2.24) is 0 Å². The lowest BCUT2D eigenvalue weighted by molar-refractivity contribution is -0.135. The highest BCUT2D eigenvalue weighted by Crippen LogP contribution is 2.15. The molecule has 0 bridgehead atoms. The van der Waals surface area contributed by atoms with E-state index in [1.54, 1.807) is 24.3 Å². The summed E-state index contributed by atoms with van der Waals surface area (Å²) in [7, 11) is 1.21. The number of carbonyl (C=O) groups excluding carboxylic acids is 2. The zero-order valence-corrected chi connectivity index (χ0v) is 11.8. The van der Waals surface area contributed by atoms with Crippen LogP contribution in [0.15, 0.2) is 45.6 Å². The largest absolute Gasteiger partial charge is 0.466 e. The van der Waals surface area contributed by atoms with Gasteiger partial charge in [0.05, 0.1) is 7.11 Å². The Morgan fingerprint density at radius 2 is 2.09 bits per heavy atom. The SMILES string of the molecule is C#Cc1ccc2cc(CC(=O)/C=C\C(=O)OC)c(=O)oc2c1. The normalized spacial score (nSPS) is 10.5. The smallest absolute Gasteiger partial charge is 0.339 e. The monoisotopic (exact) mass is 296 g/mol. The Morgan fingerprint density at radius 3 is 2.77 bits per heavy atom. The highest BCUT2D eigenvalue weighted by Gasteiger charge is 2.09. The maximum absolute atomic E-state index is 11.9. The fourth-order valence-corrected chi connectivity index (χ4v) is 1.84. The minimum Gasteiger partial charge on any atom is -0.466 e. The lowest BCUT2D eigenvalue weighted by Gasteiger charge is -2.01. The molecule has 0 aliphatic carbocycles. The molecule has 110 valence electrons. The Morgan fingerprint density at radius 1 is 1.32 bits per heavy atom. The van der Waals surface area contributed by atoms with Crippen molar-refractivity contribution in [2.24, 2.45) is 0 Å². The minimum absolute atomic E-state index is 0.164. The molecule has 0 unspecified atom stereocenters. The van der Waals surface area contributed by atoms with Gasteiger partial charge in [0.15, 0.2) is 5.78 Å². The number of ether oxygens (including phenoxy) is 1. The average Bonchev–Trinajstić information content (AvgIpc) is 2.52. The number of carbonyl (C=O) groups is 2. The van der Waals surface area contributed by atoms with Crippen LogP contribution in [0.1, 0.15) is 11.1 Å². The zero-order valence-electron chi connectivity index (χ0n) is 11.8. The Kier molecular flexibility index (Phi) is 4.54. The van der Waals surface area contributed by atoms with Crippen molar-refractivity contribution in [3.05, 3.63) is 58.0 Å². The molecule has 0 spiro atoms. The van der Waals surface area contributed by atoms with Gasteiger partial charge in [0, 0.05) is 29.0 Å². The van der Waals surface area contributed by atoms with Crippen LogP contribution in [0.2, 0.25) is 0 Å². The first kappa shape index (κ1) is 15.3. The van der Waals surface area contributed by atoms with E-state index < -0.39 is 17.4 Å². The van der Waals surface area contributed by atoms with E-state index in [9.17, 15) is 14.4 Å². The molecule has 5 heteroatoms. The Hall–Kier alpha value is -3.13. The summed E-state index contributed by atoms with van der Waals surface area (Å²) < 4.78 is 9.54. The van der Waals surface area contributed by atoms with Gasteiger partial charge in [-0.05, 0) is 30.3 Å². The lowest BCUT2D eigenvalue weighted by atomic mass is 10.1. The van der Waals surface area contributed by atoms with Gasteiger partial charge in [-0.15, -0.1) is 6.42 Å². The van der Waals surface area contributed by atoms with Crippen LogP contribution in [-0.2, 0) is 20.7 Å². The lowest BCUT2D eigenvalue weighted by Crippen LogP contribution is -2.12. The highest BCUT2D eigenvalue weighted by atomic mass is 16.5. The molecule has 0 amide bonds. The summed E-state index contributed by atoms with van der Waals surface area (Å²) in [4.78, 5) is 34.5. The van der Waals surface area contributed by atoms with Gasteiger partial charge in [0.1, 0.15) is 5.58 Å². The summed E-state index contributed by atoms with van der Waals surface area (Å²) in [5.74, 6) is 1.41. The molecule has 1 aromatic carbocycles. The van der Waals surface area contributed by atoms with Gasteiger partial charge in [0.2, 0.25) is 0 Å². The number of ketones is 1. The van der Waals surface area contributed by atoms with E-state index in [2.05, 4.69) is 10.7 Å². The Bertz CT molecular complexity index is 865. The van der Waals surface area contributed by atoms with Crippen LogP contribution in [0.4, 0.5) is 0 Å². The molecule has 0 saturated heterocycles. The maximum atomic E-state index is 11.9. The number of fused-ring (bicyclic) bond motifs is 1. The van der Waals surface area contributed by atoms with Gasteiger partial charge >= 0.3 is 11.6 Å². The molecule has 0 aliphatic rings. The van der Waals surface area contributed by atoms with E-state index >= 15 is 0 Å². The number of methoxy groups -OCH3 is 1. The predicted octanol–water partition coefficient (Wildman–Crippen LogP) is 1.62. The van der Waals surface area contributed by atoms with Gasteiger partial charge in [-0.2, -0.15) is 0 Å². The van der Waals surface area contributed by atoms with Crippen LogP contribution in [0.3, 0.4) is 0 Å². The predicted molar refractivity (Wildman–Crippen MR) is 80.3 cm³/mol. The first-order chi connectivity index (χ1) is 10.5. The van der Waals surface area contributed by atoms with Crippen LogP contribution in [0.5, 0.6) is 0 Å². The molecule has 0 radical (unpaired) electrons. The summed E-state index contributed by atoms with van der Waals surface area (Å²) in [5.41, 5.74) is 0.559. The van der Waals surface area contributed by atoms with Gasteiger partial charge < -0.3 is 9.15 Å². The third-order valence-electron chi connectivity index (χ3n) is 2.95. The number of terminal acetylenes is 1. The summed E-state index contributed by atoms with van der Waals surface area (Å²) in [6.07, 6.45) is 7.19. The van der Waals surface area contributed by atoms with Crippen molar-refractivity contribution in [2.45, 2.75) is 6.42 Å². The molecular weight excluding hydrogens is 284 g/mol. The molecule has 1 aromatic heterocycles. The number of allylic oxidation sites excluding steroid dienone is 1. The molecule has 0 N–H and O–H groups in total. The fourth-order valence-electron chi connectivity index (χ4n) is 1.84. The molecule has 2 aromatic rings. The van der Waals surface area contributed by atoms with Crippen molar-refractivity contribution < 1.29 is 18.7 Å². The van der Waals surface area contributed by atoms with Crippen molar-refractivity contribution in [3.63, 3.8) is 0 Å². The number of hydrogen-bond donors (Lipinski definition) is 0. The maximum Gasteiger partial charge on any atom is 0.339 e. The van der Waals surface area contributed by atoms with E-state index in [-0.39, 0.29) is 12.0 Å². The third kappa shape index (κ3) is 3.49. The van der Waals surface area contributed by atoms with Crippen molar-refractivity contribution >= 4 is 22.7 Å². The van der Waals surface area contributed by atoms with Crippen LogP contribution in [0, 0.1) is 12.3 Å². The van der Waals surface area contributed by atoms with E-state index in [1.807, 2.05) is 0 Å². The number of hydrogen-bond acceptors (Lipinski definition) is 5. The second-order valence-electron chi connectivity index (χ2n) is 4.46. The molecule has 5 nitrogen and oxygen atoms in total. The molecule has 22 heavy (non-hydrogen) atoms. The second kappa shape index (κ2) is 6.55. The molecule has 1 heterocycles. The quantitative estimate of drug-likeness (QED) is 0.371. The molecular formula is C17H12O5. The summed E-state index contributed by atoms with van der Waals surface area (Å²) >= 11 is 0. The Balaban J connectivity index is 2.29. The molecule has 0 atom stereocenters. The van der Waals surface area contributed by atoms with Gasteiger partial charge in [-0.3, -0.25) is 4.79 Å². The van der Waals surface area contributed by atoms with Gasteiger partial charge in [-0.25, -0.2) is 9.59 Å². The van der Waals surface area contributed by atoms with E-state index in [4.69, 9.17) is 10.8 Å². The zero-order chi connectivity index (χ0) is 16.1. The summed E-state index contributed by atoms with van der Waals surface area (Å²) in [5, 5.41) is 0.665.